The maximum atomic E-state index is 11.3. The molecule has 6 nitrogen and oxygen atoms in total. The molecule has 0 unspecified atom stereocenters. The molecule has 0 N–H and O–H groups in total. The van der Waals surface area contributed by atoms with Crippen LogP contribution < -0.4 is 0 Å². The van der Waals surface area contributed by atoms with Crippen molar-refractivity contribution in [3.8, 4) is 0 Å². The fourth-order valence-corrected chi connectivity index (χ4v) is 0.980. The van der Waals surface area contributed by atoms with Gasteiger partial charge in [-0.25, -0.2) is 4.79 Å². The molecule has 0 aromatic heterocycles. The molecule has 0 amide bonds. The van der Waals surface area contributed by atoms with Crippen LogP contribution in [0.5, 0.6) is 0 Å². The molecule has 0 aliphatic rings. The van der Waals surface area contributed by atoms with E-state index in [4.69, 9.17) is 0 Å². The fraction of sp³-hybridized carbons (Fsp3) is 0.700. The maximum Gasteiger partial charge on any atom is 0.348 e. The summed E-state index contributed by atoms with van der Waals surface area (Å²) in [7, 11) is 0. The van der Waals surface area contributed by atoms with E-state index in [9.17, 15) is 14.4 Å². The van der Waals surface area contributed by atoms with E-state index in [-0.39, 0.29) is 19.6 Å². The molecule has 0 aliphatic carbocycles. The molecule has 0 fully saturated rings. The number of ether oxygens (including phenoxy) is 3. The summed E-state index contributed by atoms with van der Waals surface area (Å²) in [4.78, 5) is 33.2. The molecule has 92 valence electrons. The standard InChI is InChI=1S/C10H16O6/c1-4-14-9(12)6-8(16-7(3)11)10(13)15-5-2/h8H,4-6H2,1-3H3/t8-/m0/s1. The Hall–Kier alpha value is -1.59. The Morgan fingerprint density at radius 2 is 1.62 bits per heavy atom. The third-order valence-corrected chi connectivity index (χ3v) is 1.52. The number of carbonyl (C=O) groups is 3. The molecule has 0 saturated carbocycles. The number of hydrogen-bond donors (Lipinski definition) is 0. The minimum absolute atomic E-state index is 0.152. The van der Waals surface area contributed by atoms with Crippen LogP contribution in [0.1, 0.15) is 27.2 Å². The van der Waals surface area contributed by atoms with Gasteiger partial charge in [-0.15, -0.1) is 0 Å². The van der Waals surface area contributed by atoms with Gasteiger partial charge in [0.2, 0.25) is 6.10 Å². The van der Waals surface area contributed by atoms with Gasteiger partial charge >= 0.3 is 17.9 Å². The van der Waals surface area contributed by atoms with Gasteiger partial charge < -0.3 is 14.2 Å². The Morgan fingerprint density at radius 3 is 2.06 bits per heavy atom. The van der Waals surface area contributed by atoms with Gasteiger partial charge in [-0.2, -0.15) is 0 Å². The molecule has 0 aromatic rings. The van der Waals surface area contributed by atoms with Gasteiger partial charge in [-0.3, -0.25) is 9.59 Å². The molecule has 0 saturated heterocycles. The lowest BCUT2D eigenvalue weighted by atomic mass is 10.2. The van der Waals surface area contributed by atoms with Crippen molar-refractivity contribution in [1.29, 1.82) is 0 Å². The van der Waals surface area contributed by atoms with Crippen molar-refractivity contribution in [1.82, 2.24) is 0 Å². The normalized spacial score (nSPS) is 11.4. The second-order valence-corrected chi connectivity index (χ2v) is 2.86. The number of rotatable bonds is 6. The molecular formula is C10H16O6. The van der Waals surface area contributed by atoms with E-state index in [1.54, 1.807) is 13.8 Å². The highest BCUT2D eigenvalue weighted by Gasteiger charge is 2.26. The van der Waals surface area contributed by atoms with Crippen molar-refractivity contribution >= 4 is 17.9 Å². The second-order valence-electron chi connectivity index (χ2n) is 2.86. The minimum atomic E-state index is -1.23. The summed E-state index contributed by atoms with van der Waals surface area (Å²) >= 11 is 0. The zero-order valence-electron chi connectivity index (χ0n) is 9.65. The van der Waals surface area contributed by atoms with E-state index in [0.29, 0.717) is 0 Å². The van der Waals surface area contributed by atoms with Gasteiger partial charge in [0, 0.05) is 6.92 Å². The molecule has 0 aromatic carbocycles. The highest BCUT2D eigenvalue weighted by atomic mass is 16.6. The first-order chi connectivity index (χ1) is 7.51. The number of carbonyl (C=O) groups excluding carboxylic acids is 3. The van der Waals surface area contributed by atoms with Gasteiger partial charge in [0.25, 0.3) is 0 Å². The van der Waals surface area contributed by atoms with Crippen LogP contribution in [0, 0.1) is 0 Å². The quantitative estimate of drug-likeness (QED) is 0.488. The number of esters is 3. The zero-order chi connectivity index (χ0) is 12.6. The second kappa shape index (κ2) is 7.67. The van der Waals surface area contributed by atoms with Crippen molar-refractivity contribution in [2.45, 2.75) is 33.3 Å². The Balaban J connectivity index is 4.36. The molecule has 1 atom stereocenters. The van der Waals surface area contributed by atoms with Crippen molar-refractivity contribution < 1.29 is 28.6 Å². The molecule has 0 aliphatic heterocycles. The molecule has 0 spiro atoms. The summed E-state index contributed by atoms with van der Waals surface area (Å²) in [5, 5.41) is 0. The first-order valence-electron chi connectivity index (χ1n) is 5.00. The predicted molar refractivity (Wildman–Crippen MR) is 53.4 cm³/mol. The Bertz CT molecular complexity index is 260. The molecule has 0 heterocycles. The molecule has 0 bridgehead atoms. The van der Waals surface area contributed by atoms with Crippen LogP contribution >= 0.6 is 0 Å². The fourth-order valence-electron chi connectivity index (χ4n) is 0.980. The van der Waals surface area contributed by atoms with E-state index in [1.807, 2.05) is 0 Å². The first-order valence-corrected chi connectivity index (χ1v) is 5.00. The largest absolute Gasteiger partial charge is 0.466 e. The third kappa shape index (κ3) is 6.00. The van der Waals surface area contributed by atoms with Crippen LogP contribution in [0.4, 0.5) is 0 Å². The summed E-state index contributed by atoms with van der Waals surface area (Å²) in [5.41, 5.74) is 0. The van der Waals surface area contributed by atoms with E-state index < -0.39 is 24.0 Å². The Morgan fingerprint density at radius 1 is 1.06 bits per heavy atom. The van der Waals surface area contributed by atoms with Gasteiger partial charge in [0.1, 0.15) is 0 Å². The van der Waals surface area contributed by atoms with Crippen LogP contribution in [0.25, 0.3) is 0 Å². The maximum absolute atomic E-state index is 11.3. The van der Waals surface area contributed by atoms with Crippen molar-refractivity contribution in [2.75, 3.05) is 13.2 Å². The summed E-state index contributed by atoms with van der Waals surface area (Å²) in [6.45, 7) is 4.77. The predicted octanol–water partition coefficient (Wildman–Crippen LogP) is 0.434. The SMILES string of the molecule is CCOC(=O)C[C@H](OC(C)=O)C(=O)OCC. The molecule has 0 radical (unpaired) electrons. The number of hydrogen-bond acceptors (Lipinski definition) is 6. The van der Waals surface area contributed by atoms with Gasteiger partial charge in [-0.1, -0.05) is 0 Å². The average molecular weight is 232 g/mol. The van der Waals surface area contributed by atoms with Gasteiger partial charge in [0.15, 0.2) is 0 Å². The van der Waals surface area contributed by atoms with E-state index in [1.165, 1.54) is 0 Å². The van der Waals surface area contributed by atoms with Crippen LogP contribution in [0.3, 0.4) is 0 Å². The first kappa shape index (κ1) is 14.4. The van der Waals surface area contributed by atoms with Crippen LogP contribution in [0.15, 0.2) is 0 Å². The van der Waals surface area contributed by atoms with Gasteiger partial charge in [-0.05, 0) is 13.8 Å². The smallest absolute Gasteiger partial charge is 0.348 e. The van der Waals surface area contributed by atoms with Gasteiger partial charge in [0.05, 0.1) is 19.6 Å². The lowest BCUT2D eigenvalue weighted by Gasteiger charge is -2.14. The third-order valence-electron chi connectivity index (χ3n) is 1.52. The molecular weight excluding hydrogens is 216 g/mol. The molecule has 6 heteroatoms. The lowest BCUT2D eigenvalue weighted by molar-refractivity contribution is -0.170. The average Bonchev–Trinajstić information content (AvgIpc) is 2.16. The summed E-state index contributed by atoms with van der Waals surface area (Å²) in [5.74, 6) is -2.00. The van der Waals surface area contributed by atoms with E-state index >= 15 is 0 Å². The highest BCUT2D eigenvalue weighted by molar-refractivity contribution is 5.84. The van der Waals surface area contributed by atoms with E-state index in [0.717, 1.165) is 6.92 Å². The van der Waals surface area contributed by atoms with Crippen molar-refractivity contribution in [3.05, 3.63) is 0 Å². The summed E-state index contributed by atoms with van der Waals surface area (Å²) in [6.07, 6.45) is -1.55. The highest BCUT2D eigenvalue weighted by Crippen LogP contribution is 2.04. The van der Waals surface area contributed by atoms with Crippen LogP contribution in [-0.4, -0.2) is 37.2 Å². The zero-order valence-corrected chi connectivity index (χ0v) is 9.65. The monoisotopic (exact) mass is 232 g/mol. The van der Waals surface area contributed by atoms with Crippen molar-refractivity contribution in [3.63, 3.8) is 0 Å². The Kier molecular flexibility index (Phi) is 6.91. The summed E-state index contributed by atoms with van der Waals surface area (Å²) in [6, 6.07) is 0. The van der Waals surface area contributed by atoms with Crippen LogP contribution in [-0.2, 0) is 28.6 Å². The Labute approximate surface area is 93.8 Å². The van der Waals surface area contributed by atoms with Crippen molar-refractivity contribution in [2.24, 2.45) is 0 Å². The van der Waals surface area contributed by atoms with E-state index in [2.05, 4.69) is 14.2 Å². The van der Waals surface area contributed by atoms with Crippen LogP contribution in [0.2, 0.25) is 0 Å². The lowest BCUT2D eigenvalue weighted by Crippen LogP contribution is -2.31. The topological polar surface area (TPSA) is 78.9 Å². The molecule has 16 heavy (non-hydrogen) atoms. The minimum Gasteiger partial charge on any atom is -0.466 e. The summed E-state index contributed by atoms with van der Waals surface area (Å²) < 4.78 is 14.0. The molecule has 0 rings (SSSR count).